The molecule has 0 saturated heterocycles. The van der Waals surface area contributed by atoms with Crippen molar-refractivity contribution in [1.29, 1.82) is 0 Å². The van der Waals surface area contributed by atoms with Gasteiger partial charge in [-0.25, -0.2) is 0 Å². The third-order valence-corrected chi connectivity index (χ3v) is 6.84. The summed E-state index contributed by atoms with van der Waals surface area (Å²) < 4.78 is 0. The van der Waals surface area contributed by atoms with Gasteiger partial charge in [0.05, 0.1) is 12.0 Å². The van der Waals surface area contributed by atoms with E-state index in [9.17, 15) is 9.59 Å². The number of amides is 2. The van der Waals surface area contributed by atoms with Crippen molar-refractivity contribution in [2.75, 3.05) is 6.54 Å². The minimum absolute atomic E-state index is 0.0159. The molecule has 160 valence electrons. The monoisotopic (exact) mass is 452 g/mol. The van der Waals surface area contributed by atoms with Crippen LogP contribution in [0.2, 0.25) is 5.02 Å². The molecular formula is C25H25ClN2O2S. The van der Waals surface area contributed by atoms with E-state index in [-0.39, 0.29) is 23.8 Å². The Hall–Kier alpha value is -2.63. The predicted molar refractivity (Wildman–Crippen MR) is 125 cm³/mol. The summed E-state index contributed by atoms with van der Waals surface area (Å²) in [6.45, 7) is 5.11. The number of hydrogen-bond donors (Lipinski definition) is 1. The standard InChI is InChI=1S/C25H25ClN2O2S/c1-16(2)15-28-23(21-12-7-13-31-21)22(18-9-4-5-10-19(18)25(28)30)24(29)27-14-17-8-3-6-11-20(17)26/h3-13,16,22-23H,14-15H2,1-2H3,(H,27,29)/t22-,23-/m0/s1. The summed E-state index contributed by atoms with van der Waals surface area (Å²) >= 11 is 7.86. The van der Waals surface area contributed by atoms with Crippen LogP contribution in [0.3, 0.4) is 0 Å². The van der Waals surface area contributed by atoms with Crippen molar-refractivity contribution >= 4 is 34.8 Å². The largest absolute Gasteiger partial charge is 0.351 e. The van der Waals surface area contributed by atoms with Gasteiger partial charge in [0.2, 0.25) is 5.91 Å². The number of carbonyl (C=O) groups excluding carboxylic acids is 2. The molecule has 2 heterocycles. The minimum Gasteiger partial charge on any atom is -0.351 e. The van der Waals surface area contributed by atoms with Crippen molar-refractivity contribution in [2.24, 2.45) is 5.92 Å². The number of halogens is 1. The maximum Gasteiger partial charge on any atom is 0.254 e. The van der Waals surface area contributed by atoms with Gasteiger partial charge < -0.3 is 10.2 Å². The van der Waals surface area contributed by atoms with Crippen LogP contribution in [0, 0.1) is 5.92 Å². The number of nitrogens with one attached hydrogen (secondary N) is 1. The lowest BCUT2D eigenvalue weighted by Gasteiger charge is -2.42. The van der Waals surface area contributed by atoms with Crippen LogP contribution >= 0.6 is 22.9 Å². The van der Waals surface area contributed by atoms with Crippen LogP contribution in [0.25, 0.3) is 0 Å². The molecule has 1 aliphatic rings. The Kier molecular flexibility index (Phi) is 6.44. The molecule has 0 bridgehead atoms. The van der Waals surface area contributed by atoms with E-state index in [1.54, 1.807) is 11.3 Å². The average molecular weight is 453 g/mol. The van der Waals surface area contributed by atoms with E-state index < -0.39 is 5.92 Å². The van der Waals surface area contributed by atoms with Gasteiger partial charge in [0.1, 0.15) is 0 Å². The molecule has 0 unspecified atom stereocenters. The van der Waals surface area contributed by atoms with Crippen molar-refractivity contribution in [3.05, 3.63) is 92.6 Å². The molecule has 6 heteroatoms. The first kappa shape index (κ1) is 21.6. The van der Waals surface area contributed by atoms with E-state index >= 15 is 0 Å². The third kappa shape index (κ3) is 4.39. The Bertz CT molecular complexity index is 1080. The van der Waals surface area contributed by atoms with Crippen LogP contribution in [0.15, 0.2) is 66.0 Å². The van der Waals surface area contributed by atoms with E-state index in [0.717, 1.165) is 16.0 Å². The fourth-order valence-electron chi connectivity index (χ4n) is 4.18. The minimum atomic E-state index is -0.492. The molecular weight excluding hydrogens is 428 g/mol. The molecule has 31 heavy (non-hydrogen) atoms. The van der Waals surface area contributed by atoms with Gasteiger partial charge in [-0.1, -0.05) is 67.9 Å². The number of thiophene rings is 1. The van der Waals surface area contributed by atoms with Crippen molar-refractivity contribution in [2.45, 2.75) is 32.4 Å². The Morgan fingerprint density at radius 3 is 2.55 bits per heavy atom. The quantitative estimate of drug-likeness (QED) is 0.525. The summed E-state index contributed by atoms with van der Waals surface area (Å²) in [7, 11) is 0. The molecule has 3 aromatic rings. The van der Waals surface area contributed by atoms with Crippen molar-refractivity contribution in [1.82, 2.24) is 10.2 Å². The van der Waals surface area contributed by atoms with Gasteiger partial charge in [0.15, 0.2) is 0 Å². The van der Waals surface area contributed by atoms with Gasteiger partial charge in [0, 0.05) is 28.6 Å². The third-order valence-electron chi connectivity index (χ3n) is 5.53. The van der Waals surface area contributed by atoms with E-state index in [1.807, 2.05) is 70.9 Å². The van der Waals surface area contributed by atoms with Crippen LogP contribution in [0.5, 0.6) is 0 Å². The van der Waals surface area contributed by atoms with Gasteiger partial charge in [-0.3, -0.25) is 9.59 Å². The number of nitrogens with zero attached hydrogens (tertiary/aromatic N) is 1. The Morgan fingerprint density at radius 1 is 1.10 bits per heavy atom. The molecule has 1 N–H and O–H groups in total. The van der Waals surface area contributed by atoms with Crippen molar-refractivity contribution < 1.29 is 9.59 Å². The summed E-state index contributed by atoms with van der Waals surface area (Å²) in [5, 5.41) is 5.69. The normalized spacial score (nSPS) is 18.2. The fourth-order valence-corrected chi connectivity index (χ4v) is 5.26. The van der Waals surface area contributed by atoms with Crippen molar-refractivity contribution in [3.63, 3.8) is 0 Å². The van der Waals surface area contributed by atoms with E-state index in [1.165, 1.54) is 0 Å². The first-order valence-electron chi connectivity index (χ1n) is 10.4. The fraction of sp³-hybridized carbons (Fsp3) is 0.280. The highest BCUT2D eigenvalue weighted by Gasteiger charge is 2.44. The number of carbonyl (C=O) groups is 2. The van der Waals surface area contributed by atoms with E-state index in [4.69, 9.17) is 11.6 Å². The zero-order valence-corrected chi connectivity index (χ0v) is 19.1. The molecule has 0 aliphatic carbocycles. The summed E-state index contributed by atoms with van der Waals surface area (Å²) in [6, 6.07) is 18.6. The lowest BCUT2D eigenvalue weighted by molar-refractivity contribution is -0.124. The van der Waals surface area contributed by atoms with Crippen LogP contribution in [0.4, 0.5) is 0 Å². The molecule has 0 radical (unpaired) electrons. The predicted octanol–water partition coefficient (Wildman–Crippen LogP) is 5.65. The number of fused-ring (bicyclic) bond motifs is 1. The highest BCUT2D eigenvalue weighted by molar-refractivity contribution is 7.10. The second kappa shape index (κ2) is 9.25. The molecule has 1 aromatic heterocycles. The van der Waals surface area contributed by atoms with E-state index in [2.05, 4.69) is 19.2 Å². The second-order valence-electron chi connectivity index (χ2n) is 8.19. The number of rotatable bonds is 6. The van der Waals surface area contributed by atoms with Gasteiger partial charge in [-0.15, -0.1) is 11.3 Å². The van der Waals surface area contributed by atoms with Crippen LogP contribution in [-0.4, -0.2) is 23.3 Å². The maximum absolute atomic E-state index is 13.6. The molecule has 0 spiro atoms. The Balaban J connectivity index is 1.74. The van der Waals surface area contributed by atoms with Gasteiger partial charge in [-0.05, 0) is 40.6 Å². The molecule has 1 aliphatic heterocycles. The molecule has 2 amide bonds. The summed E-state index contributed by atoms with van der Waals surface area (Å²) in [6.07, 6.45) is 0. The highest BCUT2D eigenvalue weighted by Crippen LogP contribution is 2.44. The summed E-state index contributed by atoms with van der Waals surface area (Å²) in [4.78, 5) is 29.9. The molecule has 4 nitrogen and oxygen atoms in total. The number of benzene rings is 2. The van der Waals surface area contributed by atoms with Crippen LogP contribution in [0.1, 0.15) is 52.2 Å². The lowest BCUT2D eigenvalue weighted by atomic mass is 9.81. The second-order valence-corrected chi connectivity index (χ2v) is 9.57. The smallest absolute Gasteiger partial charge is 0.254 e. The molecule has 2 aromatic carbocycles. The lowest BCUT2D eigenvalue weighted by Crippen LogP contribution is -2.48. The van der Waals surface area contributed by atoms with Crippen LogP contribution in [-0.2, 0) is 11.3 Å². The maximum atomic E-state index is 13.6. The first-order valence-corrected chi connectivity index (χ1v) is 11.7. The molecule has 4 rings (SSSR count). The van der Waals surface area contributed by atoms with Gasteiger partial charge in [-0.2, -0.15) is 0 Å². The van der Waals surface area contributed by atoms with E-state index in [0.29, 0.717) is 23.7 Å². The summed E-state index contributed by atoms with van der Waals surface area (Å²) in [5.74, 6) is -0.331. The summed E-state index contributed by atoms with van der Waals surface area (Å²) in [5.41, 5.74) is 2.25. The van der Waals surface area contributed by atoms with Crippen molar-refractivity contribution in [3.8, 4) is 0 Å². The van der Waals surface area contributed by atoms with Crippen LogP contribution < -0.4 is 5.32 Å². The molecule has 2 atom stereocenters. The molecule has 0 saturated carbocycles. The Labute approximate surface area is 191 Å². The topological polar surface area (TPSA) is 49.4 Å². The molecule has 0 fully saturated rings. The number of hydrogen-bond acceptors (Lipinski definition) is 3. The van der Waals surface area contributed by atoms with Gasteiger partial charge >= 0.3 is 0 Å². The first-order chi connectivity index (χ1) is 15.0. The zero-order valence-electron chi connectivity index (χ0n) is 17.5. The zero-order chi connectivity index (χ0) is 22.0. The van der Waals surface area contributed by atoms with Gasteiger partial charge in [0.25, 0.3) is 5.91 Å². The highest BCUT2D eigenvalue weighted by atomic mass is 35.5. The Morgan fingerprint density at radius 2 is 1.84 bits per heavy atom. The average Bonchev–Trinajstić information content (AvgIpc) is 3.29. The SMILES string of the molecule is CC(C)CN1C(=O)c2ccccc2[C@H](C(=O)NCc2ccccc2Cl)[C@@H]1c1cccs1.